The fourth-order valence-corrected chi connectivity index (χ4v) is 7.95. The highest BCUT2D eigenvalue weighted by molar-refractivity contribution is 6.00. The lowest BCUT2D eigenvalue weighted by atomic mass is 9.94. The number of imidazole rings is 1. The van der Waals surface area contributed by atoms with Gasteiger partial charge in [-0.2, -0.15) is 0 Å². The van der Waals surface area contributed by atoms with Crippen molar-refractivity contribution in [3.05, 3.63) is 71.4 Å². The first-order chi connectivity index (χ1) is 24.9. The number of hydrogen-bond acceptors (Lipinski definition) is 7. The second-order valence-electron chi connectivity index (χ2n) is 14.4. The maximum absolute atomic E-state index is 13.9. The van der Waals surface area contributed by atoms with Crippen molar-refractivity contribution in [2.24, 2.45) is 24.6 Å². The molecule has 2 amide bonds. The van der Waals surface area contributed by atoms with Crippen LogP contribution in [0, 0.1) is 11.8 Å². The number of pyridine rings is 1. The van der Waals surface area contributed by atoms with Crippen LogP contribution < -0.4 is 20.5 Å². The normalized spacial score (nSPS) is 20.8. The van der Waals surface area contributed by atoms with Gasteiger partial charge in [-0.1, -0.05) is 12.1 Å². The number of aryl methyl sites for hydroxylation is 1. The summed E-state index contributed by atoms with van der Waals surface area (Å²) in [6.07, 6.45) is 0.203. The van der Waals surface area contributed by atoms with Crippen LogP contribution in [0.2, 0.25) is 0 Å². The minimum Gasteiger partial charge on any atom is -0.494 e. The molecular formula is C38H40F3N7O4. The number of hydrogen-bond donors (Lipinski definition) is 2. The van der Waals surface area contributed by atoms with Gasteiger partial charge in [-0.15, -0.1) is 13.2 Å². The van der Waals surface area contributed by atoms with Crippen LogP contribution in [0.1, 0.15) is 71.5 Å². The smallest absolute Gasteiger partial charge is 0.494 e. The van der Waals surface area contributed by atoms with Gasteiger partial charge in [0.05, 0.1) is 35.6 Å². The van der Waals surface area contributed by atoms with Crippen LogP contribution in [-0.4, -0.2) is 67.9 Å². The van der Waals surface area contributed by atoms with E-state index in [4.69, 9.17) is 20.4 Å². The van der Waals surface area contributed by atoms with E-state index in [0.717, 1.165) is 54.8 Å². The number of nitrogens with two attached hydrogens (primary N) is 1. The van der Waals surface area contributed by atoms with Crippen molar-refractivity contribution in [3.8, 4) is 23.0 Å². The fourth-order valence-electron chi connectivity index (χ4n) is 7.95. The van der Waals surface area contributed by atoms with E-state index in [0.29, 0.717) is 58.9 Å². The van der Waals surface area contributed by atoms with Gasteiger partial charge in [0, 0.05) is 43.2 Å². The molecule has 0 unspecified atom stereocenters. The topological polar surface area (TPSA) is 130 Å². The standard InChI is InChI=1S/C38H40F3N7O4/c1-20(43-36(49)26-6-4-5-7-31(26)52-38(39,40)41)28-13-11-23-16-30(48(34(23)44-28)18-21-8-9-21)35-45-29-15-24(17-32(51-3)33(29)46(35)2)37(50)47-19-27(42)22-10-12-25(47)14-22/h4-7,11,13,15-17,20-22,25,27H,8-10,12,14,18-19,42H2,1-3H3,(H,43,49)/t20-,22-,25+,27+/m1/s1. The van der Waals surface area contributed by atoms with E-state index in [-0.39, 0.29) is 23.6 Å². The SMILES string of the molecule is COc1cc(C(=O)N2C[C@H](N)[C@@H]3CC[C@H]2C3)cc2nc(-c3cc4ccc([C@@H](C)NC(=O)c5ccccc5OC(F)(F)F)nc4n3CC3CC3)n(C)c12. The van der Waals surface area contributed by atoms with E-state index < -0.39 is 24.1 Å². The molecule has 2 aromatic carbocycles. The number of nitrogens with zero attached hydrogens (tertiary/aromatic N) is 5. The molecule has 3 fully saturated rings. The molecule has 3 aromatic heterocycles. The molecular weight excluding hydrogens is 675 g/mol. The molecule has 4 atom stereocenters. The van der Waals surface area contributed by atoms with Crippen molar-refractivity contribution >= 4 is 33.9 Å². The van der Waals surface area contributed by atoms with Gasteiger partial charge in [0.15, 0.2) is 5.82 Å². The van der Waals surface area contributed by atoms with Crippen LogP contribution >= 0.6 is 0 Å². The molecule has 0 radical (unpaired) electrons. The zero-order valence-corrected chi connectivity index (χ0v) is 29.1. The maximum Gasteiger partial charge on any atom is 0.573 e. The molecule has 52 heavy (non-hydrogen) atoms. The molecule has 3 N–H and O–H groups in total. The van der Waals surface area contributed by atoms with Gasteiger partial charge in [0.2, 0.25) is 0 Å². The van der Waals surface area contributed by atoms with E-state index in [1.807, 2.05) is 34.7 Å². The zero-order valence-electron chi connectivity index (χ0n) is 29.1. The van der Waals surface area contributed by atoms with Crippen molar-refractivity contribution in [1.82, 2.24) is 29.3 Å². The fraction of sp³-hybridized carbons (Fsp3) is 0.421. The maximum atomic E-state index is 13.9. The van der Waals surface area contributed by atoms with Crippen molar-refractivity contribution in [3.63, 3.8) is 0 Å². The summed E-state index contributed by atoms with van der Waals surface area (Å²) in [4.78, 5) is 39.0. The highest BCUT2D eigenvalue weighted by Crippen LogP contribution is 2.40. The summed E-state index contributed by atoms with van der Waals surface area (Å²) in [6, 6.07) is 14.2. The summed E-state index contributed by atoms with van der Waals surface area (Å²) < 4.78 is 53.1. The highest BCUT2D eigenvalue weighted by atomic mass is 19.4. The van der Waals surface area contributed by atoms with Crippen LogP contribution in [0.5, 0.6) is 11.5 Å². The summed E-state index contributed by atoms with van der Waals surface area (Å²) >= 11 is 0. The minimum atomic E-state index is -4.94. The Morgan fingerprint density at radius 3 is 2.58 bits per heavy atom. The number of piperidine rings is 1. The Bertz CT molecular complexity index is 2210. The van der Waals surface area contributed by atoms with Gasteiger partial charge in [-0.3, -0.25) is 9.59 Å². The summed E-state index contributed by atoms with van der Waals surface area (Å²) in [5.74, 6) is 0.814. The van der Waals surface area contributed by atoms with Crippen molar-refractivity contribution in [2.75, 3.05) is 13.7 Å². The Labute approximate surface area is 297 Å². The number of ether oxygens (including phenoxy) is 2. The third kappa shape index (κ3) is 6.22. The number of carbonyl (C=O) groups excluding carboxylic acids is 2. The number of rotatable bonds is 9. The van der Waals surface area contributed by atoms with Gasteiger partial charge in [-0.25, -0.2) is 9.97 Å². The van der Waals surface area contributed by atoms with Crippen LogP contribution in [0.4, 0.5) is 13.2 Å². The van der Waals surface area contributed by atoms with Crippen LogP contribution in [0.15, 0.2) is 54.6 Å². The van der Waals surface area contributed by atoms with Gasteiger partial charge >= 0.3 is 6.36 Å². The number of para-hydroxylation sites is 1. The first kappa shape index (κ1) is 34.0. The average molecular weight is 716 g/mol. The Balaban J connectivity index is 1.13. The molecule has 2 bridgehead atoms. The highest BCUT2D eigenvalue weighted by Gasteiger charge is 2.41. The van der Waals surface area contributed by atoms with E-state index in [1.54, 1.807) is 26.2 Å². The lowest BCUT2D eigenvalue weighted by molar-refractivity contribution is -0.274. The second kappa shape index (κ2) is 12.8. The molecule has 14 heteroatoms. The van der Waals surface area contributed by atoms with Crippen LogP contribution in [0.25, 0.3) is 33.6 Å². The molecule has 272 valence electrons. The van der Waals surface area contributed by atoms with Crippen molar-refractivity contribution in [2.45, 2.75) is 70.1 Å². The van der Waals surface area contributed by atoms with E-state index >= 15 is 0 Å². The molecule has 5 aromatic rings. The zero-order chi connectivity index (χ0) is 36.5. The first-order valence-corrected chi connectivity index (χ1v) is 17.7. The minimum absolute atomic E-state index is 0.0221. The number of nitrogens with one attached hydrogen (secondary N) is 1. The van der Waals surface area contributed by atoms with E-state index in [2.05, 4.69) is 14.6 Å². The van der Waals surface area contributed by atoms with Crippen molar-refractivity contribution < 1.29 is 32.2 Å². The number of amides is 2. The Kier molecular flexibility index (Phi) is 8.39. The number of benzene rings is 2. The molecule has 11 nitrogen and oxygen atoms in total. The Hall–Kier alpha value is -5.11. The number of halogens is 3. The molecule has 4 heterocycles. The molecule has 3 aliphatic rings. The second-order valence-corrected chi connectivity index (χ2v) is 14.4. The van der Waals surface area contributed by atoms with Crippen LogP contribution in [-0.2, 0) is 13.6 Å². The number of likely N-dealkylation sites (tertiary alicyclic amines) is 1. The summed E-state index contributed by atoms with van der Waals surface area (Å²) in [5.41, 5.74) is 10.2. The number of alkyl halides is 3. The number of aromatic nitrogens is 4. The Morgan fingerprint density at radius 1 is 1.04 bits per heavy atom. The number of fused-ring (bicyclic) bond motifs is 4. The third-order valence-corrected chi connectivity index (χ3v) is 10.8. The summed E-state index contributed by atoms with van der Waals surface area (Å²) in [6.45, 7) is 2.98. The van der Waals surface area contributed by atoms with Crippen molar-refractivity contribution in [1.29, 1.82) is 0 Å². The molecule has 2 aliphatic carbocycles. The third-order valence-electron chi connectivity index (χ3n) is 10.8. The quantitative estimate of drug-likeness (QED) is 0.182. The van der Waals surface area contributed by atoms with Gasteiger partial charge in [0.1, 0.15) is 22.7 Å². The van der Waals surface area contributed by atoms with E-state index in [1.165, 1.54) is 18.2 Å². The number of carbonyl (C=O) groups is 2. The number of methoxy groups -OCH3 is 1. The molecule has 0 spiro atoms. The molecule has 1 aliphatic heterocycles. The lowest BCUT2D eigenvalue weighted by Crippen LogP contribution is -2.51. The van der Waals surface area contributed by atoms with Gasteiger partial charge < -0.3 is 34.6 Å². The molecule has 2 saturated carbocycles. The molecule has 1 saturated heterocycles. The first-order valence-electron chi connectivity index (χ1n) is 17.7. The van der Waals surface area contributed by atoms with E-state index in [9.17, 15) is 22.8 Å². The lowest BCUT2D eigenvalue weighted by Gasteiger charge is -2.37. The monoisotopic (exact) mass is 715 g/mol. The predicted molar refractivity (Wildman–Crippen MR) is 188 cm³/mol. The van der Waals surface area contributed by atoms with Gasteiger partial charge in [-0.05, 0) is 93.3 Å². The largest absolute Gasteiger partial charge is 0.573 e. The Morgan fingerprint density at radius 2 is 1.83 bits per heavy atom. The van der Waals surface area contributed by atoms with Crippen LogP contribution in [0.3, 0.4) is 0 Å². The van der Waals surface area contributed by atoms with Gasteiger partial charge in [0.25, 0.3) is 11.8 Å². The predicted octanol–water partition coefficient (Wildman–Crippen LogP) is 6.35. The average Bonchev–Trinajstić information content (AvgIpc) is 3.58. The molecule has 8 rings (SSSR count). The summed E-state index contributed by atoms with van der Waals surface area (Å²) in [7, 11) is 3.51. The summed E-state index contributed by atoms with van der Waals surface area (Å²) in [5, 5.41) is 3.65.